The maximum atomic E-state index is 13.9. The van der Waals surface area contributed by atoms with Crippen LogP contribution in [0.1, 0.15) is 0 Å². The number of hydrogen-bond acceptors (Lipinski definition) is 10. The van der Waals surface area contributed by atoms with Crippen LogP contribution in [-0.2, 0) is 9.47 Å². The number of nitrogens with one attached hydrogen (secondary N) is 3. The lowest BCUT2D eigenvalue weighted by atomic mass is 10.2. The number of hydrogen-bond donors (Lipinski definition) is 3. The van der Waals surface area contributed by atoms with Crippen molar-refractivity contribution in [3.8, 4) is 0 Å². The van der Waals surface area contributed by atoms with Crippen LogP contribution in [0.4, 0.5) is 20.6 Å². The molecule has 2 heterocycles. The summed E-state index contributed by atoms with van der Waals surface area (Å²) in [5, 5.41) is 9.19. The standard InChI is InChI=1S/C14H17FN8O3/c15-12-8-25-6-5-22(12)9-1-3-10(4-2-9)23-7-11(26-13(23)24)14(19-16,20-17)21-18/h1-4,11-12,16-18H,5-8H2/t11-,12?,14?/m1/s1. The van der Waals surface area contributed by atoms with Crippen molar-refractivity contribution in [2.24, 2.45) is 15.3 Å². The summed E-state index contributed by atoms with van der Waals surface area (Å²) < 4.78 is 24.1. The molecule has 0 aromatic heterocycles. The molecule has 2 fully saturated rings. The van der Waals surface area contributed by atoms with E-state index in [1.807, 2.05) is 0 Å². The van der Waals surface area contributed by atoms with E-state index in [4.69, 9.17) is 26.1 Å². The summed E-state index contributed by atoms with van der Waals surface area (Å²) in [6, 6.07) is 6.63. The zero-order valence-corrected chi connectivity index (χ0v) is 13.6. The fourth-order valence-electron chi connectivity index (χ4n) is 2.85. The number of carbonyl (C=O) groups excluding carboxylic acids is 1. The summed E-state index contributed by atoms with van der Waals surface area (Å²) in [5.41, 5.74) is 22.5. The minimum Gasteiger partial charge on any atom is -0.437 e. The van der Waals surface area contributed by atoms with Gasteiger partial charge >= 0.3 is 11.9 Å². The van der Waals surface area contributed by atoms with E-state index in [2.05, 4.69) is 15.3 Å². The van der Waals surface area contributed by atoms with Gasteiger partial charge in [0.05, 0.1) is 19.8 Å². The SMILES string of the molecule is N=NC(N=N)(N=N)[C@H]1CN(c2ccc(N3CCOCC3F)cc2)C(=O)O1. The Balaban J connectivity index is 1.77. The van der Waals surface area contributed by atoms with Crippen molar-refractivity contribution >= 4 is 17.5 Å². The van der Waals surface area contributed by atoms with Gasteiger partial charge in [0.15, 0.2) is 12.4 Å². The molecule has 11 nitrogen and oxygen atoms in total. The van der Waals surface area contributed by atoms with Crippen molar-refractivity contribution in [2.45, 2.75) is 18.2 Å². The molecule has 2 saturated heterocycles. The molecule has 26 heavy (non-hydrogen) atoms. The Hall–Kier alpha value is -3.02. The number of ether oxygens (including phenoxy) is 2. The molecule has 0 saturated carbocycles. The molecule has 0 spiro atoms. The van der Waals surface area contributed by atoms with Gasteiger partial charge in [0.2, 0.25) is 0 Å². The van der Waals surface area contributed by atoms with Gasteiger partial charge in [-0.25, -0.2) is 25.8 Å². The summed E-state index contributed by atoms with van der Waals surface area (Å²) >= 11 is 0. The van der Waals surface area contributed by atoms with Gasteiger partial charge in [0, 0.05) is 17.9 Å². The number of morpholine rings is 1. The zero-order valence-electron chi connectivity index (χ0n) is 13.6. The second-order valence-corrected chi connectivity index (χ2v) is 5.72. The lowest BCUT2D eigenvalue weighted by molar-refractivity contribution is 0.0497. The molecule has 138 valence electrons. The molecule has 1 amide bonds. The first-order chi connectivity index (χ1) is 12.5. The molecule has 2 atom stereocenters. The van der Waals surface area contributed by atoms with Crippen LogP contribution < -0.4 is 9.80 Å². The molecular formula is C14H17FN8O3. The number of benzene rings is 1. The van der Waals surface area contributed by atoms with Crippen LogP contribution in [0.15, 0.2) is 39.6 Å². The number of carbonyl (C=O) groups is 1. The van der Waals surface area contributed by atoms with Crippen molar-refractivity contribution in [1.82, 2.24) is 0 Å². The fourth-order valence-corrected chi connectivity index (χ4v) is 2.85. The van der Waals surface area contributed by atoms with Gasteiger partial charge in [-0.15, -0.1) is 15.3 Å². The summed E-state index contributed by atoms with van der Waals surface area (Å²) in [6.07, 6.45) is -3.11. The largest absolute Gasteiger partial charge is 0.437 e. The molecule has 1 aromatic rings. The van der Waals surface area contributed by atoms with Gasteiger partial charge < -0.3 is 14.4 Å². The van der Waals surface area contributed by atoms with E-state index in [-0.39, 0.29) is 13.2 Å². The smallest absolute Gasteiger partial charge is 0.414 e. The van der Waals surface area contributed by atoms with Crippen LogP contribution in [0.2, 0.25) is 0 Å². The van der Waals surface area contributed by atoms with E-state index in [0.717, 1.165) is 0 Å². The highest BCUT2D eigenvalue weighted by atomic mass is 19.1. The van der Waals surface area contributed by atoms with E-state index < -0.39 is 24.3 Å². The number of cyclic esters (lactones) is 1. The lowest BCUT2D eigenvalue weighted by Gasteiger charge is -2.32. The normalized spacial score (nSPS) is 25.3. The van der Waals surface area contributed by atoms with Gasteiger partial charge in [0.1, 0.15) is 0 Å². The second-order valence-electron chi connectivity index (χ2n) is 5.72. The Morgan fingerprint density at radius 2 is 1.73 bits per heavy atom. The molecule has 12 heteroatoms. The van der Waals surface area contributed by atoms with Crippen molar-refractivity contribution < 1.29 is 18.7 Å². The Bertz CT molecular complexity index is 693. The average molecular weight is 364 g/mol. The third kappa shape index (κ3) is 2.98. The van der Waals surface area contributed by atoms with Crippen LogP contribution in [0, 0.1) is 16.6 Å². The molecule has 0 bridgehead atoms. The Morgan fingerprint density at radius 1 is 1.12 bits per heavy atom. The van der Waals surface area contributed by atoms with Gasteiger partial charge in [-0.2, -0.15) is 0 Å². The molecule has 3 N–H and O–H groups in total. The maximum absolute atomic E-state index is 13.9. The minimum atomic E-state index is -2.10. The fraction of sp³-hybridized carbons (Fsp3) is 0.500. The number of halogens is 1. The van der Waals surface area contributed by atoms with Crippen molar-refractivity contribution in [3.63, 3.8) is 0 Å². The number of alkyl halides is 1. The number of anilines is 2. The molecule has 2 aliphatic rings. The first-order valence-electron chi connectivity index (χ1n) is 7.77. The van der Waals surface area contributed by atoms with Crippen LogP contribution in [-0.4, -0.2) is 50.6 Å². The Morgan fingerprint density at radius 3 is 2.31 bits per heavy atom. The van der Waals surface area contributed by atoms with Gasteiger partial charge in [-0.05, 0) is 24.3 Å². The van der Waals surface area contributed by atoms with E-state index in [0.29, 0.717) is 24.5 Å². The molecule has 2 aliphatic heterocycles. The summed E-state index contributed by atoms with van der Waals surface area (Å²) in [4.78, 5) is 15.0. The summed E-state index contributed by atoms with van der Waals surface area (Å²) in [7, 11) is 0. The predicted molar refractivity (Wildman–Crippen MR) is 85.3 cm³/mol. The van der Waals surface area contributed by atoms with E-state index in [9.17, 15) is 9.18 Å². The third-order valence-electron chi connectivity index (χ3n) is 4.30. The first kappa shape index (κ1) is 17.8. The Kier molecular flexibility index (Phi) is 4.84. The van der Waals surface area contributed by atoms with Crippen LogP contribution >= 0.6 is 0 Å². The molecule has 3 rings (SSSR count). The lowest BCUT2D eigenvalue weighted by Crippen LogP contribution is -2.42. The molecule has 1 aromatic carbocycles. The van der Waals surface area contributed by atoms with Crippen molar-refractivity contribution in [3.05, 3.63) is 24.3 Å². The van der Waals surface area contributed by atoms with E-state index in [1.54, 1.807) is 29.2 Å². The zero-order chi connectivity index (χ0) is 18.7. The van der Waals surface area contributed by atoms with Crippen LogP contribution in [0.3, 0.4) is 0 Å². The van der Waals surface area contributed by atoms with Crippen molar-refractivity contribution in [2.75, 3.05) is 36.1 Å². The monoisotopic (exact) mass is 364 g/mol. The number of rotatable bonds is 6. The highest BCUT2D eigenvalue weighted by molar-refractivity contribution is 5.90. The van der Waals surface area contributed by atoms with Crippen molar-refractivity contribution in [1.29, 1.82) is 16.6 Å². The van der Waals surface area contributed by atoms with Gasteiger partial charge in [-0.3, -0.25) is 4.90 Å². The summed E-state index contributed by atoms with van der Waals surface area (Å²) in [5.74, 6) is -2.10. The van der Waals surface area contributed by atoms with E-state index >= 15 is 0 Å². The van der Waals surface area contributed by atoms with Crippen LogP contribution in [0.5, 0.6) is 0 Å². The first-order valence-corrected chi connectivity index (χ1v) is 7.77. The average Bonchev–Trinajstić information content (AvgIpc) is 3.06. The number of nitrogens with zero attached hydrogens (tertiary/aromatic N) is 5. The number of amides is 1. The highest BCUT2D eigenvalue weighted by Gasteiger charge is 2.49. The third-order valence-corrected chi connectivity index (χ3v) is 4.30. The summed E-state index contributed by atoms with van der Waals surface area (Å²) in [6.45, 7) is 0.800. The second kappa shape index (κ2) is 7.07. The topological polar surface area (TPSA) is 151 Å². The molecule has 0 radical (unpaired) electrons. The van der Waals surface area contributed by atoms with E-state index in [1.165, 1.54) is 4.90 Å². The van der Waals surface area contributed by atoms with Crippen LogP contribution in [0.25, 0.3) is 0 Å². The quantitative estimate of drug-likeness (QED) is 0.525. The maximum Gasteiger partial charge on any atom is 0.414 e. The van der Waals surface area contributed by atoms with Gasteiger partial charge in [0.25, 0.3) is 0 Å². The highest BCUT2D eigenvalue weighted by Crippen LogP contribution is 2.32. The molecule has 0 aliphatic carbocycles. The predicted octanol–water partition coefficient (Wildman–Crippen LogP) is 2.89. The minimum absolute atomic E-state index is 0.00778. The molecule has 1 unspecified atom stereocenters. The Labute approximate surface area is 147 Å². The van der Waals surface area contributed by atoms with Gasteiger partial charge in [-0.1, -0.05) is 0 Å². The molecular weight excluding hydrogens is 347 g/mol.